The number of nitrogens with zero attached hydrogens (tertiary/aromatic N) is 5. The van der Waals surface area contributed by atoms with Crippen LogP contribution in [0.2, 0.25) is 0 Å². The SMILES string of the molecule is N#CC(=Cc1c(N2CCN(c3ccccc3)CC2)nc2ccccn2c1=O)C(=O)NC1CCCCC1. The minimum atomic E-state index is -0.429. The number of benzene rings is 1. The molecule has 0 unspecified atom stereocenters. The topological polar surface area (TPSA) is 93.7 Å². The van der Waals surface area contributed by atoms with Crippen LogP contribution in [-0.2, 0) is 4.79 Å². The van der Waals surface area contributed by atoms with E-state index in [0.717, 1.165) is 44.5 Å². The van der Waals surface area contributed by atoms with E-state index in [4.69, 9.17) is 4.98 Å². The number of piperazine rings is 1. The Morgan fingerprint density at radius 1 is 0.972 bits per heavy atom. The van der Waals surface area contributed by atoms with Gasteiger partial charge in [-0.05, 0) is 43.2 Å². The molecule has 3 aromatic rings. The van der Waals surface area contributed by atoms with Crippen molar-refractivity contribution < 1.29 is 4.79 Å². The molecule has 2 aromatic heterocycles. The van der Waals surface area contributed by atoms with Crippen molar-refractivity contribution in [2.75, 3.05) is 36.0 Å². The number of nitriles is 1. The standard InChI is InChI=1S/C28H30N6O2/c29-20-21(27(35)30-22-9-3-1-4-10-22)19-24-26(31-25-13-7-8-14-34(25)28(24)36)33-17-15-32(16-18-33)23-11-5-2-6-12-23/h2,5-8,11-14,19,22H,1,3-4,9-10,15-18H2,(H,30,35). The van der Waals surface area contributed by atoms with Gasteiger partial charge in [0.2, 0.25) is 0 Å². The highest BCUT2D eigenvalue weighted by Gasteiger charge is 2.24. The summed E-state index contributed by atoms with van der Waals surface area (Å²) in [4.78, 5) is 35.7. The molecular weight excluding hydrogens is 452 g/mol. The Labute approximate surface area is 210 Å². The molecule has 1 saturated carbocycles. The summed E-state index contributed by atoms with van der Waals surface area (Å²) in [5.41, 5.74) is 1.60. The maximum Gasteiger partial charge on any atom is 0.267 e. The predicted molar refractivity (Wildman–Crippen MR) is 141 cm³/mol. The van der Waals surface area contributed by atoms with E-state index < -0.39 is 5.91 Å². The van der Waals surface area contributed by atoms with E-state index in [9.17, 15) is 14.9 Å². The number of anilines is 2. The van der Waals surface area contributed by atoms with Gasteiger partial charge in [0.25, 0.3) is 11.5 Å². The van der Waals surface area contributed by atoms with Gasteiger partial charge < -0.3 is 15.1 Å². The van der Waals surface area contributed by atoms with Gasteiger partial charge in [0.15, 0.2) is 0 Å². The molecule has 0 atom stereocenters. The van der Waals surface area contributed by atoms with E-state index in [1.807, 2.05) is 30.3 Å². The number of nitrogens with one attached hydrogen (secondary N) is 1. The number of hydrogen-bond acceptors (Lipinski definition) is 6. The molecule has 0 bridgehead atoms. The van der Waals surface area contributed by atoms with Crippen molar-refractivity contribution >= 4 is 29.1 Å². The first-order valence-electron chi connectivity index (χ1n) is 12.6. The Morgan fingerprint density at radius 3 is 2.39 bits per heavy atom. The molecule has 1 saturated heterocycles. The third-order valence-corrected chi connectivity index (χ3v) is 7.04. The van der Waals surface area contributed by atoms with Gasteiger partial charge in [-0.2, -0.15) is 5.26 Å². The van der Waals surface area contributed by atoms with Crippen LogP contribution in [0.5, 0.6) is 0 Å². The lowest BCUT2D eigenvalue weighted by atomic mass is 9.95. The molecule has 8 nitrogen and oxygen atoms in total. The van der Waals surface area contributed by atoms with Gasteiger partial charge in [0, 0.05) is 44.1 Å². The van der Waals surface area contributed by atoms with Gasteiger partial charge in [0.05, 0.1) is 5.56 Å². The number of carbonyl (C=O) groups excluding carboxylic acids is 1. The minimum Gasteiger partial charge on any atom is -0.368 e. The van der Waals surface area contributed by atoms with Gasteiger partial charge in [-0.25, -0.2) is 4.98 Å². The summed E-state index contributed by atoms with van der Waals surface area (Å²) in [6, 6.07) is 17.7. The molecule has 1 aromatic carbocycles. The zero-order chi connectivity index (χ0) is 24.9. The second-order valence-electron chi connectivity index (χ2n) is 9.37. The number of aromatic nitrogens is 2. The van der Waals surface area contributed by atoms with Crippen LogP contribution in [-0.4, -0.2) is 47.5 Å². The largest absolute Gasteiger partial charge is 0.368 e. The fourth-order valence-corrected chi connectivity index (χ4v) is 5.08. The molecule has 2 fully saturated rings. The number of amides is 1. The molecule has 0 radical (unpaired) electrons. The molecule has 8 heteroatoms. The van der Waals surface area contributed by atoms with Gasteiger partial charge >= 0.3 is 0 Å². The highest BCUT2D eigenvalue weighted by Crippen LogP contribution is 2.23. The number of hydrogen-bond donors (Lipinski definition) is 1. The molecule has 1 aliphatic heterocycles. The molecule has 1 aliphatic carbocycles. The third-order valence-electron chi connectivity index (χ3n) is 7.04. The lowest BCUT2D eigenvalue weighted by Gasteiger charge is -2.37. The van der Waals surface area contributed by atoms with Gasteiger partial charge in [-0.15, -0.1) is 0 Å². The van der Waals surface area contributed by atoms with Crippen LogP contribution in [0, 0.1) is 11.3 Å². The summed E-state index contributed by atoms with van der Waals surface area (Å²) in [7, 11) is 0. The number of carbonyl (C=O) groups is 1. The van der Waals surface area contributed by atoms with E-state index in [1.165, 1.54) is 16.9 Å². The van der Waals surface area contributed by atoms with Crippen LogP contribution in [0.4, 0.5) is 11.5 Å². The van der Waals surface area contributed by atoms with Gasteiger partial charge in [-0.3, -0.25) is 14.0 Å². The molecule has 0 spiro atoms. The van der Waals surface area contributed by atoms with Gasteiger partial charge in [0.1, 0.15) is 23.1 Å². The van der Waals surface area contributed by atoms with E-state index in [-0.39, 0.29) is 22.7 Å². The maximum absolute atomic E-state index is 13.5. The average Bonchev–Trinajstić information content (AvgIpc) is 2.93. The average molecular weight is 483 g/mol. The molecular formula is C28H30N6O2. The van der Waals surface area contributed by atoms with Crippen molar-refractivity contribution in [2.45, 2.75) is 38.1 Å². The third kappa shape index (κ3) is 4.96. The summed E-state index contributed by atoms with van der Waals surface area (Å²) in [6.45, 7) is 2.88. The normalized spacial score (nSPS) is 17.1. The fourth-order valence-electron chi connectivity index (χ4n) is 5.08. The number of fused-ring (bicyclic) bond motifs is 1. The number of rotatable bonds is 5. The van der Waals surface area contributed by atoms with E-state index in [0.29, 0.717) is 24.6 Å². The van der Waals surface area contributed by atoms with Crippen LogP contribution in [0.1, 0.15) is 37.7 Å². The summed E-state index contributed by atoms with van der Waals surface area (Å²) in [5, 5.41) is 12.8. The van der Waals surface area contributed by atoms with Gasteiger partial charge in [-0.1, -0.05) is 43.5 Å². The fraction of sp³-hybridized carbons (Fsp3) is 0.357. The maximum atomic E-state index is 13.5. The van der Waals surface area contributed by atoms with Crippen molar-refractivity contribution in [1.29, 1.82) is 5.26 Å². The van der Waals surface area contributed by atoms with Crippen molar-refractivity contribution in [3.8, 4) is 6.07 Å². The minimum absolute atomic E-state index is 0.0699. The second-order valence-corrected chi connectivity index (χ2v) is 9.37. The zero-order valence-electron chi connectivity index (χ0n) is 20.3. The smallest absolute Gasteiger partial charge is 0.267 e. The Hall–Kier alpha value is -4.12. The van der Waals surface area contributed by atoms with Crippen LogP contribution < -0.4 is 20.7 Å². The molecule has 184 valence electrons. The van der Waals surface area contributed by atoms with Crippen molar-refractivity contribution in [3.05, 3.63) is 76.2 Å². The van der Waals surface area contributed by atoms with Crippen LogP contribution in [0.25, 0.3) is 11.7 Å². The molecule has 1 N–H and O–H groups in total. The summed E-state index contributed by atoms with van der Waals surface area (Å²) in [5.74, 6) is 0.0823. The second kappa shape index (κ2) is 10.6. The highest BCUT2D eigenvalue weighted by atomic mass is 16.2. The van der Waals surface area contributed by atoms with Crippen LogP contribution in [0.3, 0.4) is 0 Å². The lowest BCUT2D eigenvalue weighted by Crippen LogP contribution is -2.47. The number of pyridine rings is 1. The molecule has 36 heavy (non-hydrogen) atoms. The Balaban J connectivity index is 1.47. The first kappa shape index (κ1) is 23.6. The van der Waals surface area contributed by atoms with Crippen LogP contribution >= 0.6 is 0 Å². The summed E-state index contributed by atoms with van der Waals surface area (Å²) in [6.07, 6.45) is 8.24. The van der Waals surface area contributed by atoms with Crippen LogP contribution in [0.15, 0.2) is 65.1 Å². The zero-order valence-corrected chi connectivity index (χ0v) is 20.3. The number of para-hydroxylation sites is 1. The van der Waals surface area contributed by atoms with E-state index in [2.05, 4.69) is 27.2 Å². The first-order chi connectivity index (χ1) is 17.6. The highest BCUT2D eigenvalue weighted by molar-refractivity contribution is 6.02. The Kier molecular flexibility index (Phi) is 6.99. The van der Waals surface area contributed by atoms with E-state index in [1.54, 1.807) is 18.3 Å². The van der Waals surface area contributed by atoms with Crippen molar-refractivity contribution in [1.82, 2.24) is 14.7 Å². The van der Waals surface area contributed by atoms with Crippen molar-refractivity contribution in [2.24, 2.45) is 0 Å². The first-order valence-corrected chi connectivity index (χ1v) is 12.6. The summed E-state index contributed by atoms with van der Waals surface area (Å²) >= 11 is 0. The predicted octanol–water partition coefficient (Wildman–Crippen LogP) is 3.38. The Bertz CT molecular complexity index is 1360. The Morgan fingerprint density at radius 2 is 1.67 bits per heavy atom. The van der Waals surface area contributed by atoms with Crippen molar-refractivity contribution in [3.63, 3.8) is 0 Å². The lowest BCUT2D eigenvalue weighted by molar-refractivity contribution is -0.117. The quantitative estimate of drug-likeness (QED) is 0.443. The molecule has 3 heterocycles. The molecule has 1 amide bonds. The van der Waals surface area contributed by atoms with E-state index >= 15 is 0 Å². The molecule has 5 rings (SSSR count). The molecule has 2 aliphatic rings. The monoisotopic (exact) mass is 482 g/mol. The summed E-state index contributed by atoms with van der Waals surface area (Å²) < 4.78 is 1.46.